The van der Waals surface area contributed by atoms with E-state index in [-0.39, 0.29) is 6.61 Å². The summed E-state index contributed by atoms with van der Waals surface area (Å²) in [5.74, 6) is 0.318. The van der Waals surface area contributed by atoms with E-state index in [0.29, 0.717) is 18.8 Å². The highest BCUT2D eigenvalue weighted by atomic mass is 16.6. The third-order valence-electron chi connectivity index (χ3n) is 4.24. The van der Waals surface area contributed by atoms with Crippen molar-refractivity contribution in [2.45, 2.75) is 19.4 Å². The number of methoxy groups -OCH3 is 1. The summed E-state index contributed by atoms with van der Waals surface area (Å²) in [6.45, 7) is 1.56. The highest BCUT2D eigenvalue weighted by Gasteiger charge is 2.35. The van der Waals surface area contributed by atoms with E-state index in [2.05, 4.69) is 5.10 Å². The van der Waals surface area contributed by atoms with Gasteiger partial charge in [0.15, 0.2) is 6.61 Å². The second-order valence-corrected chi connectivity index (χ2v) is 6.05. The summed E-state index contributed by atoms with van der Waals surface area (Å²) >= 11 is 0. The molecule has 28 heavy (non-hydrogen) atoms. The lowest BCUT2D eigenvalue weighted by Gasteiger charge is -2.19. The van der Waals surface area contributed by atoms with Crippen LogP contribution < -0.4 is 4.74 Å². The van der Waals surface area contributed by atoms with E-state index in [1.165, 1.54) is 5.01 Å². The highest BCUT2D eigenvalue weighted by Crippen LogP contribution is 2.33. The first-order chi connectivity index (χ1) is 13.6. The molecular formula is C20H22N2O6. The van der Waals surface area contributed by atoms with Crippen molar-refractivity contribution in [2.24, 2.45) is 5.10 Å². The molecule has 1 aliphatic rings. The molecule has 1 atom stereocenters. The van der Waals surface area contributed by atoms with Crippen LogP contribution in [-0.4, -0.2) is 49.5 Å². The van der Waals surface area contributed by atoms with Crippen LogP contribution in [0.25, 0.3) is 0 Å². The van der Waals surface area contributed by atoms with Crippen LogP contribution in [0, 0.1) is 0 Å². The Morgan fingerprint density at radius 1 is 1.21 bits per heavy atom. The molecule has 0 saturated carbocycles. The normalized spacial score (nSPS) is 16.0. The Balaban J connectivity index is 1.75. The van der Waals surface area contributed by atoms with Crippen molar-refractivity contribution in [3.63, 3.8) is 0 Å². The Kier molecular flexibility index (Phi) is 6.44. The number of carbonyl (C=O) groups excluding carboxylic acids is 2. The molecule has 2 aromatic rings. The molecular weight excluding hydrogens is 364 g/mol. The predicted octanol–water partition coefficient (Wildman–Crippen LogP) is 2.55. The van der Waals surface area contributed by atoms with Gasteiger partial charge in [-0.1, -0.05) is 0 Å². The van der Waals surface area contributed by atoms with E-state index in [0.717, 1.165) is 17.0 Å². The number of carbonyl (C=O) groups is 2. The van der Waals surface area contributed by atoms with E-state index < -0.39 is 24.5 Å². The van der Waals surface area contributed by atoms with Crippen LogP contribution in [0.5, 0.6) is 5.75 Å². The molecule has 0 fully saturated rings. The number of hydrazone groups is 1. The maximum Gasteiger partial charge on any atom is 0.332 e. The number of hydrogen-bond donors (Lipinski definition) is 0. The Labute approximate surface area is 162 Å². The Morgan fingerprint density at radius 3 is 2.64 bits per heavy atom. The van der Waals surface area contributed by atoms with E-state index in [4.69, 9.17) is 18.6 Å². The van der Waals surface area contributed by atoms with Crippen LogP contribution >= 0.6 is 0 Å². The molecule has 0 spiro atoms. The van der Waals surface area contributed by atoms with Crippen molar-refractivity contribution in [1.29, 1.82) is 0 Å². The Bertz CT molecular complexity index is 829. The molecule has 1 amide bonds. The average molecular weight is 386 g/mol. The lowest BCUT2D eigenvalue weighted by Crippen LogP contribution is -2.31. The van der Waals surface area contributed by atoms with Gasteiger partial charge in [0.05, 0.1) is 19.1 Å². The van der Waals surface area contributed by atoms with Crippen molar-refractivity contribution in [1.82, 2.24) is 5.01 Å². The van der Waals surface area contributed by atoms with Gasteiger partial charge in [0, 0.05) is 13.0 Å². The van der Waals surface area contributed by atoms with Gasteiger partial charge in [-0.3, -0.25) is 4.79 Å². The van der Waals surface area contributed by atoms with Crippen molar-refractivity contribution in [3.8, 4) is 5.75 Å². The molecule has 8 nitrogen and oxygen atoms in total. The zero-order valence-electron chi connectivity index (χ0n) is 15.8. The number of esters is 1. The van der Waals surface area contributed by atoms with Crippen molar-refractivity contribution in [3.05, 3.63) is 54.0 Å². The number of rotatable bonds is 8. The molecule has 0 bridgehead atoms. The van der Waals surface area contributed by atoms with Crippen LogP contribution in [-0.2, 0) is 19.1 Å². The smallest absolute Gasteiger partial charge is 0.332 e. The van der Waals surface area contributed by atoms with Crippen molar-refractivity contribution < 1.29 is 28.2 Å². The van der Waals surface area contributed by atoms with E-state index in [1.807, 2.05) is 24.3 Å². The minimum Gasteiger partial charge on any atom is -0.497 e. The third-order valence-corrected chi connectivity index (χ3v) is 4.24. The fourth-order valence-electron chi connectivity index (χ4n) is 2.84. The minimum atomic E-state index is -0.594. The van der Waals surface area contributed by atoms with Gasteiger partial charge in [-0.05, 0) is 48.9 Å². The maximum absolute atomic E-state index is 12.6. The summed E-state index contributed by atoms with van der Waals surface area (Å²) in [5, 5.41) is 5.78. The van der Waals surface area contributed by atoms with Crippen LogP contribution in [0.1, 0.15) is 30.7 Å². The molecule has 0 unspecified atom stereocenters. The second kappa shape index (κ2) is 9.18. The summed E-state index contributed by atoms with van der Waals surface area (Å²) in [4.78, 5) is 24.2. The van der Waals surface area contributed by atoms with Gasteiger partial charge in [0.25, 0.3) is 5.91 Å². The van der Waals surface area contributed by atoms with E-state index >= 15 is 0 Å². The number of amides is 1. The highest BCUT2D eigenvalue weighted by molar-refractivity contribution is 6.03. The number of ether oxygens (including phenoxy) is 3. The summed E-state index contributed by atoms with van der Waals surface area (Å²) in [5.41, 5.74) is 1.61. The van der Waals surface area contributed by atoms with Gasteiger partial charge in [-0.15, -0.1) is 0 Å². The van der Waals surface area contributed by atoms with Gasteiger partial charge in [-0.25, -0.2) is 9.80 Å². The molecule has 0 radical (unpaired) electrons. The minimum absolute atomic E-state index is 0.189. The third kappa shape index (κ3) is 4.58. The van der Waals surface area contributed by atoms with Crippen LogP contribution in [0.2, 0.25) is 0 Å². The van der Waals surface area contributed by atoms with E-state index in [1.54, 1.807) is 32.4 Å². The predicted molar refractivity (Wildman–Crippen MR) is 99.9 cm³/mol. The fraction of sp³-hybridized carbons (Fsp3) is 0.350. The van der Waals surface area contributed by atoms with Crippen LogP contribution in [0.3, 0.4) is 0 Å². The number of furan rings is 1. The van der Waals surface area contributed by atoms with Gasteiger partial charge in [-0.2, -0.15) is 5.10 Å². The molecule has 3 rings (SSSR count). The van der Waals surface area contributed by atoms with E-state index in [9.17, 15) is 9.59 Å². The zero-order valence-corrected chi connectivity index (χ0v) is 15.8. The number of nitrogens with zero attached hydrogens (tertiary/aromatic N) is 2. The molecule has 148 valence electrons. The van der Waals surface area contributed by atoms with Gasteiger partial charge in [0.1, 0.15) is 24.2 Å². The summed E-state index contributed by atoms with van der Waals surface area (Å²) < 4.78 is 20.6. The lowest BCUT2D eigenvalue weighted by molar-refractivity contribution is -0.156. The first-order valence-electron chi connectivity index (χ1n) is 8.93. The van der Waals surface area contributed by atoms with Gasteiger partial charge >= 0.3 is 5.97 Å². The van der Waals surface area contributed by atoms with Crippen molar-refractivity contribution in [2.75, 3.05) is 26.9 Å². The average Bonchev–Trinajstić information content (AvgIpc) is 3.40. The van der Waals surface area contributed by atoms with Crippen molar-refractivity contribution >= 4 is 17.6 Å². The van der Waals surface area contributed by atoms with Gasteiger partial charge in [0.2, 0.25) is 0 Å². The van der Waals surface area contributed by atoms with Crippen LogP contribution in [0.15, 0.2) is 52.2 Å². The Morgan fingerprint density at radius 2 is 2.00 bits per heavy atom. The topological polar surface area (TPSA) is 90.6 Å². The fourth-order valence-corrected chi connectivity index (χ4v) is 2.84. The van der Waals surface area contributed by atoms with Crippen LogP contribution in [0.4, 0.5) is 0 Å². The molecule has 1 aromatic carbocycles. The standard InChI is InChI=1S/C20H22N2O6/c1-3-26-13-20(24)28-12-19(23)22-17(18-5-4-10-27-18)11-16(21-22)14-6-8-15(25-2)9-7-14/h4-10,17H,3,11-13H2,1-2H3/t17-/m1/s1. The maximum atomic E-state index is 12.6. The SMILES string of the molecule is CCOCC(=O)OCC(=O)N1N=C(c2ccc(OC)cc2)C[C@@H]1c1ccco1. The lowest BCUT2D eigenvalue weighted by atomic mass is 10.0. The summed E-state index contributed by atoms with van der Waals surface area (Å²) in [6.07, 6.45) is 2.03. The Hall–Kier alpha value is -3.13. The number of benzene rings is 1. The first kappa shape index (κ1) is 19.6. The zero-order chi connectivity index (χ0) is 19.9. The molecule has 0 saturated heterocycles. The largest absolute Gasteiger partial charge is 0.497 e. The molecule has 0 aliphatic carbocycles. The second-order valence-electron chi connectivity index (χ2n) is 6.05. The molecule has 8 heteroatoms. The number of hydrogen-bond acceptors (Lipinski definition) is 7. The summed E-state index contributed by atoms with van der Waals surface area (Å²) in [6, 6.07) is 10.6. The van der Waals surface area contributed by atoms with Gasteiger partial charge < -0.3 is 18.6 Å². The molecule has 2 heterocycles. The molecule has 1 aromatic heterocycles. The molecule has 1 aliphatic heterocycles. The molecule has 0 N–H and O–H groups in total. The quantitative estimate of drug-likeness (QED) is 0.648. The first-order valence-corrected chi connectivity index (χ1v) is 8.93. The summed E-state index contributed by atoms with van der Waals surface area (Å²) in [7, 11) is 1.60. The monoisotopic (exact) mass is 386 g/mol.